The Bertz CT molecular complexity index is 633. The first-order chi connectivity index (χ1) is 9.45. The van der Waals surface area contributed by atoms with Gasteiger partial charge in [-0.2, -0.15) is 0 Å². The number of carbonyl (C=O) groups is 1. The van der Waals surface area contributed by atoms with Crippen LogP contribution in [0.5, 0.6) is 0 Å². The maximum atomic E-state index is 13.3. The van der Waals surface area contributed by atoms with E-state index < -0.39 is 11.6 Å². The van der Waals surface area contributed by atoms with E-state index in [0.717, 1.165) is 12.1 Å². The minimum Gasteiger partial charge on any atom is -0.361 e. The smallest absolute Gasteiger partial charge is 0.263 e. The molecule has 0 radical (unpaired) electrons. The van der Waals surface area contributed by atoms with Crippen molar-refractivity contribution in [1.82, 2.24) is 5.16 Å². The number of benzene rings is 1. The van der Waals surface area contributed by atoms with E-state index in [2.05, 4.69) is 5.16 Å². The van der Waals surface area contributed by atoms with Gasteiger partial charge in [0, 0.05) is 18.3 Å². The van der Waals surface area contributed by atoms with Crippen molar-refractivity contribution in [3.8, 4) is 0 Å². The molecule has 2 aromatic rings. The van der Waals surface area contributed by atoms with Crippen molar-refractivity contribution in [2.24, 2.45) is 0 Å². The number of aromatic nitrogens is 1. The van der Waals surface area contributed by atoms with Gasteiger partial charge in [0.2, 0.25) is 0 Å². The second kappa shape index (κ2) is 5.40. The highest BCUT2D eigenvalue weighted by Gasteiger charge is 2.24. The van der Waals surface area contributed by atoms with Gasteiger partial charge in [0.1, 0.15) is 11.3 Å². The number of carbonyl (C=O) groups excluding carboxylic acids is 1. The Morgan fingerprint density at radius 1 is 1.30 bits per heavy atom. The Labute approximate surface area is 115 Å². The summed E-state index contributed by atoms with van der Waals surface area (Å²) in [5, 5.41) is 3.72. The van der Waals surface area contributed by atoms with Gasteiger partial charge in [0.05, 0.1) is 5.69 Å². The van der Waals surface area contributed by atoms with E-state index in [0.29, 0.717) is 23.6 Å². The van der Waals surface area contributed by atoms with Crippen LogP contribution in [0.3, 0.4) is 0 Å². The fourth-order valence-corrected chi connectivity index (χ4v) is 2.02. The molecule has 0 aliphatic heterocycles. The average molecular weight is 280 g/mol. The minimum absolute atomic E-state index is 0.288. The van der Waals surface area contributed by atoms with E-state index in [1.807, 2.05) is 0 Å². The maximum absolute atomic E-state index is 13.3. The molecule has 1 amide bonds. The summed E-state index contributed by atoms with van der Waals surface area (Å²) in [6.07, 6.45) is 0. The van der Waals surface area contributed by atoms with Crippen molar-refractivity contribution in [2.45, 2.75) is 20.8 Å². The SMILES string of the molecule is CCN(C(=O)c1c(C)noc1C)c1ccc(F)c(F)c1. The first-order valence-electron chi connectivity index (χ1n) is 6.15. The van der Waals surface area contributed by atoms with E-state index in [1.54, 1.807) is 20.8 Å². The van der Waals surface area contributed by atoms with Crippen molar-refractivity contribution in [1.29, 1.82) is 0 Å². The zero-order chi connectivity index (χ0) is 14.9. The lowest BCUT2D eigenvalue weighted by molar-refractivity contribution is 0.0986. The van der Waals surface area contributed by atoms with E-state index in [4.69, 9.17) is 4.52 Å². The summed E-state index contributed by atoms with van der Waals surface area (Å²) in [5.41, 5.74) is 1.10. The van der Waals surface area contributed by atoms with Crippen LogP contribution in [-0.4, -0.2) is 17.6 Å². The predicted molar refractivity (Wildman–Crippen MR) is 69.7 cm³/mol. The van der Waals surface area contributed by atoms with Crippen LogP contribution < -0.4 is 4.90 Å². The number of hydrogen-bond acceptors (Lipinski definition) is 3. The molecule has 1 heterocycles. The second-order valence-corrected chi connectivity index (χ2v) is 4.35. The Hall–Kier alpha value is -2.24. The Morgan fingerprint density at radius 3 is 2.50 bits per heavy atom. The first-order valence-corrected chi connectivity index (χ1v) is 6.15. The van der Waals surface area contributed by atoms with E-state index in [-0.39, 0.29) is 11.6 Å². The highest BCUT2D eigenvalue weighted by molar-refractivity contribution is 6.07. The molecular weight excluding hydrogens is 266 g/mol. The van der Waals surface area contributed by atoms with Crippen molar-refractivity contribution in [3.05, 3.63) is 46.9 Å². The average Bonchev–Trinajstić information content (AvgIpc) is 2.74. The van der Waals surface area contributed by atoms with Crippen LogP contribution in [0.25, 0.3) is 0 Å². The quantitative estimate of drug-likeness (QED) is 0.867. The molecule has 106 valence electrons. The fraction of sp³-hybridized carbons (Fsp3) is 0.286. The number of anilines is 1. The van der Waals surface area contributed by atoms with Gasteiger partial charge in [-0.25, -0.2) is 8.78 Å². The summed E-state index contributed by atoms with van der Waals surface area (Å²) in [4.78, 5) is 13.8. The third-order valence-corrected chi connectivity index (χ3v) is 3.02. The predicted octanol–water partition coefficient (Wildman–Crippen LogP) is 3.24. The van der Waals surface area contributed by atoms with Crippen LogP contribution in [0.2, 0.25) is 0 Å². The van der Waals surface area contributed by atoms with Crippen LogP contribution in [-0.2, 0) is 0 Å². The third-order valence-electron chi connectivity index (χ3n) is 3.02. The minimum atomic E-state index is -0.993. The van der Waals surface area contributed by atoms with Gasteiger partial charge in [-0.3, -0.25) is 4.79 Å². The Morgan fingerprint density at radius 2 is 2.00 bits per heavy atom. The van der Waals surface area contributed by atoms with E-state index in [9.17, 15) is 13.6 Å². The molecule has 6 heteroatoms. The van der Waals surface area contributed by atoms with Gasteiger partial charge in [-0.1, -0.05) is 5.16 Å². The lowest BCUT2D eigenvalue weighted by atomic mass is 10.1. The molecule has 0 spiro atoms. The molecule has 20 heavy (non-hydrogen) atoms. The zero-order valence-corrected chi connectivity index (χ0v) is 11.4. The van der Waals surface area contributed by atoms with Crippen molar-refractivity contribution in [2.75, 3.05) is 11.4 Å². The van der Waals surface area contributed by atoms with Crippen LogP contribution in [0.1, 0.15) is 28.7 Å². The van der Waals surface area contributed by atoms with Gasteiger partial charge in [-0.05, 0) is 32.9 Å². The number of rotatable bonds is 3. The topological polar surface area (TPSA) is 46.3 Å². The molecule has 0 unspecified atom stereocenters. The summed E-state index contributed by atoms with van der Waals surface area (Å²) in [5.74, 6) is -1.90. The molecule has 0 aliphatic rings. The Balaban J connectivity index is 2.42. The fourth-order valence-electron chi connectivity index (χ4n) is 2.02. The monoisotopic (exact) mass is 280 g/mol. The lowest BCUT2D eigenvalue weighted by Crippen LogP contribution is -2.31. The third kappa shape index (κ3) is 2.41. The van der Waals surface area contributed by atoms with Gasteiger partial charge in [-0.15, -0.1) is 0 Å². The molecule has 0 fully saturated rings. The molecule has 0 saturated heterocycles. The van der Waals surface area contributed by atoms with Crippen LogP contribution in [0.15, 0.2) is 22.7 Å². The van der Waals surface area contributed by atoms with Crippen molar-refractivity contribution >= 4 is 11.6 Å². The van der Waals surface area contributed by atoms with Crippen LogP contribution in [0, 0.1) is 25.5 Å². The molecule has 1 aromatic carbocycles. The van der Waals surface area contributed by atoms with Gasteiger partial charge in [0.15, 0.2) is 11.6 Å². The lowest BCUT2D eigenvalue weighted by Gasteiger charge is -2.21. The molecule has 0 aliphatic carbocycles. The summed E-state index contributed by atoms with van der Waals surface area (Å²) in [6, 6.07) is 3.35. The normalized spacial score (nSPS) is 10.7. The summed E-state index contributed by atoms with van der Waals surface area (Å²) < 4.78 is 31.2. The van der Waals surface area contributed by atoms with Crippen LogP contribution in [0.4, 0.5) is 14.5 Å². The standard InChI is InChI=1S/C14H14F2N2O2/c1-4-18(10-5-6-11(15)12(16)7-10)14(19)13-8(2)17-20-9(13)3/h5-7H,4H2,1-3H3. The van der Waals surface area contributed by atoms with E-state index in [1.165, 1.54) is 11.0 Å². The maximum Gasteiger partial charge on any atom is 0.263 e. The van der Waals surface area contributed by atoms with Crippen molar-refractivity contribution in [3.63, 3.8) is 0 Å². The van der Waals surface area contributed by atoms with Gasteiger partial charge < -0.3 is 9.42 Å². The molecule has 4 nitrogen and oxygen atoms in total. The number of halogens is 2. The number of nitrogens with zero attached hydrogens (tertiary/aromatic N) is 2. The summed E-state index contributed by atoms with van der Waals surface area (Å²) in [7, 11) is 0. The van der Waals surface area contributed by atoms with Crippen molar-refractivity contribution < 1.29 is 18.1 Å². The molecule has 0 atom stereocenters. The summed E-state index contributed by atoms with van der Waals surface area (Å²) in [6.45, 7) is 5.35. The second-order valence-electron chi connectivity index (χ2n) is 4.35. The first kappa shape index (κ1) is 14.2. The molecule has 0 N–H and O–H groups in total. The number of hydrogen-bond donors (Lipinski definition) is 0. The number of amides is 1. The molecule has 2 rings (SSSR count). The van der Waals surface area contributed by atoms with Crippen LogP contribution >= 0.6 is 0 Å². The molecular formula is C14H14F2N2O2. The molecule has 0 saturated carbocycles. The van der Waals surface area contributed by atoms with Gasteiger partial charge >= 0.3 is 0 Å². The molecule has 0 bridgehead atoms. The highest BCUT2D eigenvalue weighted by atomic mass is 19.2. The zero-order valence-electron chi connectivity index (χ0n) is 11.4. The molecule has 1 aromatic heterocycles. The number of aryl methyl sites for hydroxylation is 2. The highest BCUT2D eigenvalue weighted by Crippen LogP contribution is 2.22. The van der Waals surface area contributed by atoms with E-state index >= 15 is 0 Å². The largest absolute Gasteiger partial charge is 0.361 e. The summed E-state index contributed by atoms with van der Waals surface area (Å²) >= 11 is 0. The van der Waals surface area contributed by atoms with Gasteiger partial charge in [0.25, 0.3) is 5.91 Å². The Kier molecular flexibility index (Phi) is 3.83.